The Morgan fingerprint density at radius 2 is 2.29 bits per heavy atom. The van der Waals surface area contributed by atoms with Gasteiger partial charge >= 0.3 is 0 Å². The fraction of sp³-hybridized carbons (Fsp3) is 0.500. The van der Waals surface area contributed by atoms with Crippen LogP contribution < -0.4 is 10.9 Å². The predicted octanol–water partition coefficient (Wildman–Crippen LogP) is 0.0301. The van der Waals surface area contributed by atoms with Gasteiger partial charge in [-0.05, 0) is 31.4 Å². The third-order valence-electron chi connectivity index (χ3n) is 3.23. The Morgan fingerprint density at radius 3 is 2.88 bits per heavy atom. The van der Waals surface area contributed by atoms with Crippen LogP contribution in [0.5, 0.6) is 0 Å². The van der Waals surface area contributed by atoms with Crippen molar-refractivity contribution in [2.24, 2.45) is 7.05 Å². The number of aromatic nitrogens is 1. The molecule has 0 aliphatic heterocycles. The minimum atomic E-state index is -0.768. The van der Waals surface area contributed by atoms with Crippen molar-refractivity contribution in [2.75, 3.05) is 6.54 Å². The first-order chi connectivity index (χ1) is 8.02. The molecule has 1 heterocycles. The molecule has 0 atom stereocenters. The summed E-state index contributed by atoms with van der Waals surface area (Å²) in [6, 6.07) is 3.14. The van der Waals surface area contributed by atoms with Crippen molar-refractivity contribution in [1.29, 1.82) is 0 Å². The Labute approximate surface area is 99.1 Å². The molecular weight excluding hydrogens is 220 g/mol. The maximum absolute atomic E-state index is 11.8. The Bertz CT molecular complexity index is 489. The molecule has 0 bridgehead atoms. The van der Waals surface area contributed by atoms with Crippen molar-refractivity contribution < 1.29 is 9.90 Å². The van der Waals surface area contributed by atoms with Gasteiger partial charge in [-0.3, -0.25) is 9.59 Å². The van der Waals surface area contributed by atoms with Crippen LogP contribution in [0, 0.1) is 0 Å². The van der Waals surface area contributed by atoms with Crippen LogP contribution in [0.4, 0.5) is 0 Å². The molecule has 2 rings (SSSR count). The molecule has 0 spiro atoms. The first kappa shape index (κ1) is 11.9. The lowest BCUT2D eigenvalue weighted by molar-refractivity contribution is -0.0300. The second kappa shape index (κ2) is 4.33. The van der Waals surface area contributed by atoms with Gasteiger partial charge in [-0.2, -0.15) is 0 Å². The molecule has 17 heavy (non-hydrogen) atoms. The highest BCUT2D eigenvalue weighted by Crippen LogP contribution is 2.30. The topological polar surface area (TPSA) is 71.3 Å². The Balaban J connectivity index is 2.05. The molecule has 0 unspecified atom stereocenters. The van der Waals surface area contributed by atoms with E-state index >= 15 is 0 Å². The maximum atomic E-state index is 11.8. The summed E-state index contributed by atoms with van der Waals surface area (Å²) in [6.07, 6.45) is 4.00. The molecule has 5 heteroatoms. The Kier molecular flexibility index (Phi) is 3.02. The van der Waals surface area contributed by atoms with Crippen LogP contribution in [0.25, 0.3) is 0 Å². The number of hydrogen-bond donors (Lipinski definition) is 2. The summed E-state index contributed by atoms with van der Waals surface area (Å²) in [5.74, 6) is -0.425. The van der Waals surface area contributed by atoms with E-state index in [-0.39, 0.29) is 17.7 Å². The molecule has 5 nitrogen and oxygen atoms in total. The molecular formula is C12H16N2O3. The van der Waals surface area contributed by atoms with Crippen LogP contribution >= 0.6 is 0 Å². The Hall–Kier alpha value is -1.62. The monoisotopic (exact) mass is 236 g/mol. The molecule has 1 aliphatic rings. The lowest BCUT2D eigenvalue weighted by Crippen LogP contribution is -2.48. The van der Waals surface area contributed by atoms with Crippen LogP contribution in [0.1, 0.15) is 29.6 Å². The second-order valence-electron chi connectivity index (χ2n) is 4.60. The van der Waals surface area contributed by atoms with Crippen molar-refractivity contribution in [3.05, 3.63) is 34.2 Å². The van der Waals surface area contributed by atoms with Crippen LogP contribution in [0.3, 0.4) is 0 Å². The van der Waals surface area contributed by atoms with Gasteiger partial charge in [-0.15, -0.1) is 0 Å². The number of amides is 1. The van der Waals surface area contributed by atoms with Crippen LogP contribution in [0.15, 0.2) is 23.1 Å². The number of nitrogens with zero attached hydrogens (tertiary/aromatic N) is 1. The fourth-order valence-corrected chi connectivity index (χ4v) is 1.87. The number of carbonyl (C=O) groups is 1. The van der Waals surface area contributed by atoms with E-state index in [1.807, 2.05) is 0 Å². The van der Waals surface area contributed by atoms with Gasteiger partial charge in [0.05, 0.1) is 5.60 Å². The van der Waals surface area contributed by atoms with Gasteiger partial charge in [-0.25, -0.2) is 0 Å². The number of aryl methyl sites for hydroxylation is 1. The standard InChI is InChI=1S/C12H16N2O3/c1-14-7-2-4-9(11(14)16)10(15)13-8-12(17)5-3-6-12/h2,4,7,17H,3,5-6,8H2,1H3,(H,13,15). The molecule has 92 valence electrons. The lowest BCUT2D eigenvalue weighted by atomic mass is 9.80. The summed E-state index contributed by atoms with van der Waals surface area (Å²) >= 11 is 0. The molecule has 0 radical (unpaired) electrons. The second-order valence-corrected chi connectivity index (χ2v) is 4.60. The average molecular weight is 236 g/mol. The van der Waals surface area contributed by atoms with Crippen LogP contribution in [-0.4, -0.2) is 27.7 Å². The third-order valence-corrected chi connectivity index (χ3v) is 3.23. The van der Waals surface area contributed by atoms with Crippen molar-refractivity contribution in [3.63, 3.8) is 0 Å². The van der Waals surface area contributed by atoms with Gasteiger partial charge in [0.1, 0.15) is 5.56 Å². The lowest BCUT2D eigenvalue weighted by Gasteiger charge is -2.36. The number of rotatable bonds is 3. The normalized spacial score (nSPS) is 17.3. The van der Waals surface area contributed by atoms with Gasteiger partial charge in [-0.1, -0.05) is 0 Å². The largest absolute Gasteiger partial charge is 0.388 e. The van der Waals surface area contributed by atoms with E-state index < -0.39 is 11.5 Å². The number of nitrogens with one attached hydrogen (secondary N) is 1. The van der Waals surface area contributed by atoms with Crippen molar-refractivity contribution >= 4 is 5.91 Å². The van der Waals surface area contributed by atoms with Crippen LogP contribution in [-0.2, 0) is 7.05 Å². The van der Waals surface area contributed by atoms with Crippen molar-refractivity contribution in [2.45, 2.75) is 24.9 Å². The summed E-state index contributed by atoms with van der Waals surface area (Å²) in [5.41, 5.74) is -0.987. The van der Waals surface area contributed by atoms with Gasteiger partial charge < -0.3 is 15.0 Å². The zero-order chi connectivity index (χ0) is 12.5. The smallest absolute Gasteiger partial charge is 0.263 e. The molecule has 1 aromatic heterocycles. The minimum absolute atomic E-state index is 0.109. The van der Waals surface area contributed by atoms with E-state index in [0.29, 0.717) is 12.8 Å². The van der Waals surface area contributed by atoms with Gasteiger partial charge in [0.25, 0.3) is 11.5 Å². The van der Waals surface area contributed by atoms with E-state index in [9.17, 15) is 14.7 Å². The molecule has 0 aromatic carbocycles. The van der Waals surface area contributed by atoms with Gasteiger partial charge in [0.15, 0.2) is 0 Å². The summed E-state index contributed by atoms with van der Waals surface area (Å²) in [7, 11) is 1.60. The molecule has 1 fully saturated rings. The highest BCUT2D eigenvalue weighted by molar-refractivity contribution is 5.93. The van der Waals surface area contributed by atoms with E-state index in [0.717, 1.165) is 6.42 Å². The quantitative estimate of drug-likeness (QED) is 0.777. The summed E-state index contributed by atoms with van der Waals surface area (Å²) < 4.78 is 1.35. The summed E-state index contributed by atoms with van der Waals surface area (Å²) in [5, 5.41) is 12.4. The highest BCUT2D eigenvalue weighted by atomic mass is 16.3. The zero-order valence-electron chi connectivity index (χ0n) is 9.77. The summed E-state index contributed by atoms with van der Waals surface area (Å²) in [6.45, 7) is 0.212. The van der Waals surface area contributed by atoms with Gasteiger partial charge in [0, 0.05) is 19.8 Å². The molecule has 0 saturated heterocycles. The van der Waals surface area contributed by atoms with Crippen molar-refractivity contribution in [1.82, 2.24) is 9.88 Å². The van der Waals surface area contributed by atoms with Crippen LogP contribution in [0.2, 0.25) is 0 Å². The van der Waals surface area contributed by atoms with E-state index in [4.69, 9.17) is 0 Å². The minimum Gasteiger partial charge on any atom is -0.388 e. The first-order valence-corrected chi connectivity index (χ1v) is 5.68. The number of aliphatic hydroxyl groups is 1. The first-order valence-electron chi connectivity index (χ1n) is 5.68. The van der Waals surface area contributed by atoms with E-state index in [1.165, 1.54) is 10.6 Å². The number of hydrogen-bond acceptors (Lipinski definition) is 3. The zero-order valence-corrected chi connectivity index (χ0v) is 9.77. The molecule has 2 N–H and O–H groups in total. The SMILES string of the molecule is Cn1cccc(C(=O)NCC2(O)CCC2)c1=O. The highest BCUT2D eigenvalue weighted by Gasteiger charge is 2.34. The number of carbonyl (C=O) groups excluding carboxylic acids is 1. The average Bonchev–Trinajstić information content (AvgIpc) is 2.27. The molecule has 1 amide bonds. The number of pyridine rings is 1. The summed E-state index contributed by atoms with van der Waals surface area (Å²) in [4.78, 5) is 23.4. The predicted molar refractivity (Wildman–Crippen MR) is 62.8 cm³/mol. The van der Waals surface area contributed by atoms with Crippen molar-refractivity contribution in [3.8, 4) is 0 Å². The van der Waals surface area contributed by atoms with E-state index in [1.54, 1.807) is 19.3 Å². The van der Waals surface area contributed by atoms with E-state index in [2.05, 4.69) is 5.32 Å². The maximum Gasteiger partial charge on any atom is 0.263 e. The molecule has 1 saturated carbocycles. The third kappa shape index (κ3) is 2.39. The molecule has 1 aliphatic carbocycles. The Morgan fingerprint density at radius 1 is 1.59 bits per heavy atom. The van der Waals surface area contributed by atoms with Gasteiger partial charge in [0.2, 0.25) is 0 Å². The molecule has 1 aromatic rings. The fourth-order valence-electron chi connectivity index (χ4n) is 1.87.